The molecule has 0 amide bonds. The van der Waals surface area contributed by atoms with Gasteiger partial charge in [-0.2, -0.15) is 5.10 Å². The molecular weight excluding hydrogens is 284 g/mol. The zero-order valence-corrected chi connectivity index (χ0v) is 11.5. The van der Waals surface area contributed by atoms with E-state index in [4.69, 9.17) is 0 Å². The number of benzene rings is 1. The molecule has 0 radical (unpaired) electrons. The Labute approximate surface area is 125 Å². The van der Waals surface area contributed by atoms with Gasteiger partial charge in [0, 0.05) is 12.6 Å². The first kappa shape index (κ1) is 13.7. The molecule has 0 aliphatic rings. The minimum Gasteiger partial charge on any atom is -0.366 e. The summed E-state index contributed by atoms with van der Waals surface area (Å²) >= 11 is 0. The third-order valence-electron chi connectivity index (χ3n) is 3.05. The monoisotopic (exact) mass is 296 g/mol. The number of aromatic nitrogens is 4. The van der Waals surface area contributed by atoms with Gasteiger partial charge in [0.15, 0.2) is 0 Å². The minimum absolute atomic E-state index is 0.0252. The van der Waals surface area contributed by atoms with E-state index in [9.17, 15) is 10.1 Å². The number of hydrogen-bond donors (Lipinski definition) is 1. The Kier molecular flexibility index (Phi) is 3.73. The molecule has 1 aromatic carbocycles. The van der Waals surface area contributed by atoms with Crippen molar-refractivity contribution in [3.05, 3.63) is 70.9 Å². The maximum atomic E-state index is 10.6. The molecule has 0 bridgehead atoms. The molecule has 3 rings (SSSR count). The van der Waals surface area contributed by atoms with Crippen molar-refractivity contribution < 1.29 is 4.92 Å². The molecule has 2 heterocycles. The number of pyridine rings is 1. The zero-order chi connectivity index (χ0) is 15.4. The molecule has 0 aliphatic heterocycles. The highest BCUT2D eigenvalue weighted by Gasteiger charge is 2.05. The van der Waals surface area contributed by atoms with E-state index in [-0.39, 0.29) is 5.69 Å². The summed E-state index contributed by atoms with van der Waals surface area (Å²) in [4.78, 5) is 18.0. The van der Waals surface area contributed by atoms with Gasteiger partial charge in [-0.1, -0.05) is 12.1 Å². The molecule has 0 saturated heterocycles. The summed E-state index contributed by atoms with van der Waals surface area (Å²) in [6, 6.07) is 10.8. The molecule has 0 atom stereocenters. The van der Waals surface area contributed by atoms with Crippen LogP contribution in [-0.4, -0.2) is 24.7 Å². The van der Waals surface area contributed by atoms with E-state index in [0.717, 1.165) is 11.3 Å². The van der Waals surface area contributed by atoms with Gasteiger partial charge in [0.1, 0.15) is 24.7 Å². The number of anilines is 1. The van der Waals surface area contributed by atoms with E-state index in [0.29, 0.717) is 12.4 Å². The third kappa shape index (κ3) is 3.06. The number of rotatable bonds is 5. The number of nitrogens with zero attached hydrogens (tertiary/aromatic N) is 5. The summed E-state index contributed by atoms with van der Waals surface area (Å²) < 4.78 is 1.68. The summed E-state index contributed by atoms with van der Waals surface area (Å²) in [5.41, 5.74) is 1.96. The Hall–Kier alpha value is -3.29. The van der Waals surface area contributed by atoms with Crippen LogP contribution in [0.4, 0.5) is 11.5 Å². The standard InChI is InChI=1S/C14H12N6O2/c21-20(22)13-5-6-14(17-8-13)16-7-11-1-3-12(4-2-11)19-10-15-9-18-19/h1-6,8-10H,7H2,(H,16,17). The van der Waals surface area contributed by atoms with Crippen molar-refractivity contribution in [3.8, 4) is 5.69 Å². The van der Waals surface area contributed by atoms with Crippen molar-refractivity contribution >= 4 is 11.5 Å². The van der Waals surface area contributed by atoms with E-state index >= 15 is 0 Å². The summed E-state index contributed by atoms with van der Waals surface area (Å²) in [6.07, 6.45) is 4.35. The van der Waals surface area contributed by atoms with Gasteiger partial charge in [-0.15, -0.1) is 0 Å². The fourth-order valence-electron chi connectivity index (χ4n) is 1.90. The lowest BCUT2D eigenvalue weighted by molar-refractivity contribution is -0.385. The number of hydrogen-bond acceptors (Lipinski definition) is 6. The second-order valence-corrected chi connectivity index (χ2v) is 4.52. The van der Waals surface area contributed by atoms with Gasteiger partial charge >= 0.3 is 0 Å². The van der Waals surface area contributed by atoms with E-state index in [2.05, 4.69) is 20.4 Å². The van der Waals surface area contributed by atoms with E-state index in [1.807, 2.05) is 24.3 Å². The van der Waals surface area contributed by atoms with E-state index in [1.54, 1.807) is 17.1 Å². The fraction of sp³-hybridized carbons (Fsp3) is 0.0714. The van der Waals surface area contributed by atoms with Gasteiger partial charge in [0.05, 0.1) is 10.6 Å². The van der Waals surface area contributed by atoms with Crippen molar-refractivity contribution in [1.29, 1.82) is 0 Å². The SMILES string of the molecule is O=[N+]([O-])c1ccc(NCc2ccc(-n3cncn3)cc2)nc1. The molecule has 8 heteroatoms. The Morgan fingerprint density at radius 1 is 1.18 bits per heavy atom. The van der Waals surface area contributed by atoms with Crippen molar-refractivity contribution in [2.45, 2.75) is 6.54 Å². The first-order chi connectivity index (χ1) is 10.7. The van der Waals surface area contributed by atoms with Crippen LogP contribution in [0.25, 0.3) is 5.69 Å². The second kappa shape index (κ2) is 6.00. The molecule has 0 saturated carbocycles. The molecule has 2 aromatic heterocycles. The smallest absolute Gasteiger partial charge is 0.287 e. The molecular formula is C14H12N6O2. The molecule has 8 nitrogen and oxygen atoms in total. The minimum atomic E-state index is -0.473. The average molecular weight is 296 g/mol. The van der Waals surface area contributed by atoms with Crippen LogP contribution in [0.15, 0.2) is 55.2 Å². The molecule has 0 aliphatic carbocycles. The Bertz CT molecular complexity index is 753. The van der Waals surface area contributed by atoms with Crippen LogP contribution in [0.1, 0.15) is 5.56 Å². The molecule has 0 spiro atoms. The van der Waals surface area contributed by atoms with Crippen LogP contribution in [0.2, 0.25) is 0 Å². The highest BCUT2D eigenvalue weighted by Crippen LogP contribution is 2.13. The fourth-order valence-corrected chi connectivity index (χ4v) is 1.90. The maximum absolute atomic E-state index is 10.6. The summed E-state index contributed by atoms with van der Waals surface area (Å²) in [5, 5.41) is 17.7. The van der Waals surface area contributed by atoms with Crippen LogP contribution >= 0.6 is 0 Å². The predicted octanol–water partition coefficient (Wildman–Crippen LogP) is 2.18. The van der Waals surface area contributed by atoms with Crippen molar-refractivity contribution in [1.82, 2.24) is 19.7 Å². The Balaban J connectivity index is 1.63. The molecule has 3 aromatic rings. The molecule has 0 fully saturated rings. The highest BCUT2D eigenvalue weighted by molar-refractivity contribution is 5.41. The maximum Gasteiger partial charge on any atom is 0.287 e. The van der Waals surface area contributed by atoms with E-state index in [1.165, 1.54) is 18.6 Å². The summed E-state index contributed by atoms with van der Waals surface area (Å²) in [7, 11) is 0. The number of nitro groups is 1. The van der Waals surface area contributed by atoms with Crippen LogP contribution < -0.4 is 5.32 Å². The van der Waals surface area contributed by atoms with Crippen LogP contribution in [-0.2, 0) is 6.54 Å². The van der Waals surface area contributed by atoms with Crippen molar-refractivity contribution in [3.63, 3.8) is 0 Å². The van der Waals surface area contributed by atoms with Gasteiger partial charge in [0.2, 0.25) is 0 Å². The Morgan fingerprint density at radius 3 is 2.59 bits per heavy atom. The molecule has 1 N–H and O–H groups in total. The lowest BCUT2D eigenvalue weighted by Crippen LogP contribution is -2.02. The summed E-state index contributed by atoms with van der Waals surface area (Å²) in [5.74, 6) is 0.589. The lowest BCUT2D eigenvalue weighted by Gasteiger charge is -2.06. The first-order valence-electron chi connectivity index (χ1n) is 6.50. The van der Waals surface area contributed by atoms with Gasteiger partial charge in [0.25, 0.3) is 5.69 Å². The van der Waals surface area contributed by atoms with Crippen LogP contribution in [0.5, 0.6) is 0 Å². The lowest BCUT2D eigenvalue weighted by atomic mass is 10.2. The second-order valence-electron chi connectivity index (χ2n) is 4.52. The summed E-state index contributed by atoms with van der Waals surface area (Å²) in [6.45, 7) is 0.572. The average Bonchev–Trinajstić information content (AvgIpc) is 3.08. The molecule has 0 unspecified atom stereocenters. The zero-order valence-electron chi connectivity index (χ0n) is 11.5. The quantitative estimate of drug-likeness (QED) is 0.572. The van der Waals surface area contributed by atoms with Crippen LogP contribution in [0, 0.1) is 10.1 Å². The Morgan fingerprint density at radius 2 is 2.00 bits per heavy atom. The largest absolute Gasteiger partial charge is 0.366 e. The van der Waals surface area contributed by atoms with Gasteiger partial charge in [-0.25, -0.2) is 14.6 Å². The van der Waals surface area contributed by atoms with Gasteiger partial charge in [-0.3, -0.25) is 10.1 Å². The normalized spacial score (nSPS) is 10.4. The van der Waals surface area contributed by atoms with Crippen LogP contribution in [0.3, 0.4) is 0 Å². The third-order valence-corrected chi connectivity index (χ3v) is 3.05. The van der Waals surface area contributed by atoms with Gasteiger partial charge in [-0.05, 0) is 23.8 Å². The molecule has 22 heavy (non-hydrogen) atoms. The molecule has 110 valence electrons. The predicted molar refractivity (Wildman–Crippen MR) is 79.6 cm³/mol. The highest BCUT2D eigenvalue weighted by atomic mass is 16.6. The van der Waals surface area contributed by atoms with Gasteiger partial charge < -0.3 is 5.32 Å². The topological polar surface area (TPSA) is 98.8 Å². The number of nitrogens with one attached hydrogen (secondary N) is 1. The van der Waals surface area contributed by atoms with Crippen molar-refractivity contribution in [2.75, 3.05) is 5.32 Å². The van der Waals surface area contributed by atoms with Crippen molar-refractivity contribution in [2.24, 2.45) is 0 Å². The van der Waals surface area contributed by atoms with E-state index < -0.39 is 4.92 Å². The first-order valence-corrected chi connectivity index (χ1v) is 6.50.